The number of benzene rings is 1. The number of Topliss-reactive ketones (excluding diaryl/α,β-unsaturated/α-hetero) is 1. The van der Waals surface area contributed by atoms with E-state index in [0.717, 1.165) is 12.8 Å². The van der Waals surface area contributed by atoms with Gasteiger partial charge in [0, 0.05) is 19.6 Å². The summed E-state index contributed by atoms with van der Waals surface area (Å²) < 4.78 is 10.5. The highest BCUT2D eigenvalue weighted by Gasteiger charge is 2.30. The zero-order valence-corrected chi connectivity index (χ0v) is 11.3. The van der Waals surface area contributed by atoms with Gasteiger partial charge in [-0.05, 0) is 30.9 Å². The van der Waals surface area contributed by atoms with Crippen molar-refractivity contribution in [1.82, 2.24) is 0 Å². The molecule has 0 radical (unpaired) electrons. The molecule has 1 aromatic carbocycles. The van der Waals surface area contributed by atoms with Crippen LogP contribution in [0, 0.1) is 5.92 Å². The fourth-order valence-electron chi connectivity index (χ4n) is 2.07. The molecule has 104 valence electrons. The molecule has 1 fully saturated rings. The van der Waals surface area contributed by atoms with Gasteiger partial charge >= 0.3 is 0 Å². The Balaban J connectivity index is 1.98. The van der Waals surface area contributed by atoms with E-state index in [1.54, 1.807) is 13.2 Å². The molecule has 1 unspecified atom stereocenters. The molecule has 1 aliphatic rings. The standard InChI is InChI=1S/C15H21NO3/c1-18-8-9-19-15-5-3-2-4-12(15)14(17)10-13(16)11-6-7-11/h2-5,11,13H,6-10,16H2,1H3. The lowest BCUT2D eigenvalue weighted by molar-refractivity contribution is 0.0963. The van der Waals surface area contributed by atoms with E-state index < -0.39 is 0 Å². The molecular weight excluding hydrogens is 242 g/mol. The highest BCUT2D eigenvalue weighted by Crippen LogP contribution is 2.33. The third-order valence-corrected chi connectivity index (χ3v) is 3.38. The van der Waals surface area contributed by atoms with Gasteiger partial charge in [0.15, 0.2) is 5.78 Å². The Kier molecular flexibility index (Phi) is 4.93. The summed E-state index contributed by atoms with van der Waals surface area (Å²) in [5.74, 6) is 1.21. The Morgan fingerprint density at radius 3 is 2.79 bits per heavy atom. The minimum absolute atomic E-state index is 0.0143. The molecule has 4 nitrogen and oxygen atoms in total. The summed E-state index contributed by atoms with van der Waals surface area (Å²) in [6.07, 6.45) is 2.70. The zero-order valence-electron chi connectivity index (χ0n) is 11.3. The normalized spacial score (nSPS) is 16.1. The van der Waals surface area contributed by atoms with Crippen molar-refractivity contribution in [3.05, 3.63) is 29.8 Å². The lowest BCUT2D eigenvalue weighted by Crippen LogP contribution is -2.26. The maximum absolute atomic E-state index is 12.2. The Bertz CT molecular complexity index is 429. The molecule has 0 amide bonds. The molecule has 2 rings (SSSR count). The minimum atomic E-state index is -0.0143. The highest BCUT2D eigenvalue weighted by molar-refractivity contribution is 5.99. The van der Waals surface area contributed by atoms with Crippen molar-refractivity contribution in [3.63, 3.8) is 0 Å². The minimum Gasteiger partial charge on any atom is -0.490 e. The van der Waals surface area contributed by atoms with E-state index in [9.17, 15) is 4.79 Å². The first-order chi connectivity index (χ1) is 9.22. The molecule has 0 bridgehead atoms. The van der Waals surface area contributed by atoms with Crippen LogP contribution in [-0.4, -0.2) is 32.1 Å². The number of carbonyl (C=O) groups is 1. The lowest BCUT2D eigenvalue weighted by Gasteiger charge is -2.13. The molecular formula is C15H21NO3. The second kappa shape index (κ2) is 6.68. The fraction of sp³-hybridized carbons (Fsp3) is 0.533. The molecule has 0 aliphatic heterocycles. The molecule has 19 heavy (non-hydrogen) atoms. The summed E-state index contributed by atoms with van der Waals surface area (Å²) in [4.78, 5) is 12.2. The number of hydrogen-bond acceptors (Lipinski definition) is 4. The molecule has 1 aromatic rings. The number of hydrogen-bond donors (Lipinski definition) is 1. The van der Waals surface area contributed by atoms with Gasteiger partial charge < -0.3 is 15.2 Å². The van der Waals surface area contributed by atoms with Crippen molar-refractivity contribution in [2.24, 2.45) is 11.7 Å². The van der Waals surface area contributed by atoms with Crippen LogP contribution in [0.15, 0.2) is 24.3 Å². The van der Waals surface area contributed by atoms with Crippen LogP contribution in [0.5, 0.6) is 5.75 Å². The van der Waals surface area contributed by atoms with Crippen LogP contribution in [0.4, 0.5) is 0 Å². The van der Waals surface area contributed by atoms with Crippen LogP contribution >= 0.6 is 0 Å². The van der Waals surface area contributed by atoms with Crippen LogP contribution in [0.2, 0.25) is 0 Å². The van der Waals surface area contributed by atoms with Gasteiger partial charge in [0.05, 0.1) is 12.2 Å². The van der Waals surface area contributed by atoms with E-state index >= 15 is 0 Å². The van der Waals surface area contributed by atoms with E-state index in [1.165, 1.54) is 0 Å². The monoisotopic (exact) mass is 263 g/mol. The SMILES string of the molecule is COCCOc1ccccc1C(=O)CC(N)C1CC1. The Morgan fingerprint density at radius 2 is 2.11 bits per heavy atom. The molecule has 1 saturated carbocycles. The number of para-hydroxylation sites is 1. The topological polar surface area (TPSA) is 61.5 Å². The van der Waals surface area contributed by atoms with Crippen molar-refractivity contribution in [2.75, 3.05) is 20.3 Å². The second-order valence-electron chi connectivity index (χ2n) is 4.97. The fourth-order valence-corrected chi connectivity index (χ4v) is 2.07. The van der Waals surface area contributed by atoms with Crippen LogP contribution in [0.1, 0.15) is 29.6 Å². The van der Waals surface area contributed by atoms with E-state index in [2.05, 4.69) is 0 Å². The van der Waals surface area contributed by atoms with Crippen molar-refractivity contribution >= 4 is 5.78 Å². The van der Waals surface area contributed by atoms with E-state index in [-0.39, 0.29) is 11.8 Å². The van der Waals surface area contributed by atoms with Gasteiger partial charge in [-0.15, -0.1) is 0 Å². The van der Waals surface area contributed by atoms with Gasteiger partial charge in [-0.2, -0.15) is 0 Å². The number of ketones is 1. The quantitative estimate of drug-likeness (QED) is 0.576. The number of ether oxygens (including phenoxy) is 2. The number of rotatable bonds is 8. The van der Waals surface area contributed by atoms with Gasteiger partial charge in [0.2, 0.25) is 0 Å². The van der Waals surface area contributed by atoms with Crippen LogP contribution in [0.3, 0.4) is 0 Å². The number of carbonyl (C=O) groups excluding carboxylic acids is 1. The third-order valence-electron chi connectivity index (χ3n) is 3.38. The first-order valence-corrected chi connectivity index (χ1v) is 6.72. The summed E-state index contributed by atoms with van der Waals surface area (Å²) in [6, 6.07) is 7.30. The predicted molar refractivity (Wildman–Crippen MR) is 73.5 cm³/mol. The average Bonchev–Trinajstić information content (AvgIpc) is 3.24. The second-order valence-corrected chi connectivity index (χ2v) is 4.97. The van der Waals surface area contributed by atoms with E-state index in [0.29, 0.717) is 36.9 Å². The van der Waals surface area contributed by atoms with Crippen LogP contribution in [0.25, 0.3) is 0 Å². The van der Waals surface area contributed by atoms with Crippen LogP contribution < -0.4 is 10.5 Å². The van der Waals surface area contributed by atoms with Crippen molar-refractivity contribution < 1.29 is 14.3 Å². The lowest BCUT2D eigenvalue weighted by atomic mass is 10.0. The van der Waals surface area contributed by atoms with Gasteiger partial charge in [-0.1, -0.05) is 12.1 Å². The molecule has 0 spiro atoms. The van der Waals surface area contributed by atoms with Gasteiger partial charge in [-0.25, -0.2) is 0 Å². The summed E-state index contributed by atoms with van der Waals surface area (Å²) >= 11 is 0. The zero-order chi connectivity index (χ0) is 13.7. The van der Waals surface area contributed by atoms with Gasteiger partial charge in [0.1, 0.15) is 12.4 Å². The maximum atomic E-state index is 12.2. The molecule has 0 heterocycles. The molecule has 0 aromatic heterocycles. The smallest absolute Gasteiger partial charge is 0.168 e. The number of methoxy groups -OCH3 is 1. The Hall–Kier alpha value is -1.39. The van der Waals surface area contributed by atoms with Gasteiger partial charge in [0.25, 0.3) is 0 Å². The summed E-state index contributed by atoms with van der Waals surface area (Å²) in [5, 5.41) is 0. The van der Waals surface area contributed by atoms with Crippen molar-refractivity contribution in [2.45, 2.75) is 25.3 Å². The molecule has 1 aliphatic carbocycles. The van der Waals surface area contributed by atoms with E-state index in [1.807, 2.05) is 18.2 Å². The summed E-state index contributed by atoms with van der Waals surface area (Å²) in [5.41, 5.74) is 6.63. The van der Waals surface area contributed by atoms with Crippen molar-refractivity contribution in [3.8, 4) is 5.75 Å². The molecule has 2 N–H and O–H groups in total. The Morgan fingerprint density at radius 1 is 1.37 bits per heavy atom. The molecule has 4 heteroatoms. The third kappa shape index (κ3) is 4.04. The van der Waals surface area contributed by atoms with Gasteiger partial charge in [-0.3, -0.25) is 4.79 Å². The molecule has 0 saturated heterocycles. The first-order valence-electron chi connectivity index (χ1n) is 6.72. The highest BCUT2D eigenvalue weighted by atomic mass is 16.5. The summed E-state index contributed by atoms with van der Waals surface area (Å²) in [7, 11) is 1.62. The predicted octanol–water partition coefficient (Wildman–Crippen LogP) is 2.02. The van der Waals surface area contributed by atoms with Crippen LogP contribution in [-0.2, 0) is 4.74 Å². The maximum Gasteiger partial charge on any atom is 0.168 e. The first kappa shape index (κ1) is 14.0. The summed E-state index contributed by atoms with van der Waals surface area (Å²) in [6.45, 7) is 0.944. The average molecular weight is 263 g/mol. The number of nitrogens with two attached hydrogens (primary N) is 1. The Labute approximate surface area is 113 Å². The molecule has 1 atom stereocenters. The van der Waals surface area contributed by atoms with Crippen molar-refractivity contribution in [1.29, 1.82) is 0 Å². The largest absolute Gasteiger partial charge is 0.490 e. The van der Waals surface area contributed by atoms with E-state index in [4.69, 9.17) is 15.2 Å².